The molecular weight excluding hydrogens is 330 g/mol. The number of para-hydroxylation sites is 1. The average molecular weight is 339 g/mol. The summed E-state index contributed by atoms with van der Waals surface area (Å²) in [5, 5.41) is 2.17. The number of amides is 3. The van der Waals surface area contributed by atoms with E-state index in [0.29, 0.717) is 5.69 Å². The van der Waals surface area contributed by atoms with Gasteiger partial charge >= 0.3 is 6.03 Å². The molecular formula is C15H9Cl2FN2O2. The van der Waals surface area contributed by atoms with Crippen molar-refractivity contribution in [2.45, 2.75) is 6.04 Å². The third kappa shape index (κ3) is 2.42. The summed E-state index contributed by atoms with van der Waals surface area (Å²) in [6.45, 7) is 0. The lowest BCUT2D eigenvalue weighted by molar-refractivity contribution is -0.119. The smallest absolute Gasteiger partial charge is 0.277 e. The van der Waals surface area contributed by atoms with Gasteiger partial charge in [0.15, 0.2) is 0 Å². The molecule has 0 bridgehead atoms. The number of nitrogens with one attached hydrogen (secondary N) is 1. The maximum atomic E-state index is 13.7. The third-order valence-electron chi connectivity index (χ3n) is 3.32. The average Bonchev–Trinajstić information content (AvgIpc) is 2.78. The Balaban J connectivity index is 2.13. The number of hydrogen-bond acceptors (Lipinski definition) is 2. The molecule has 1 aliphatic heterocycles. The summed E-state index contributed by atoms with van der Waals surface area (Å²) in [4.78, 5) is 25.4. The van der Waals surface area contributed by atoms with E-state index in [4.69, 9.17) is 23.2 Å². The molecule has 0 aliphatic carbocycles. The summed E-state index contributed by atoms with van der Waals surface area (Å²) in [6.07, 6.45) is 0. The highest BCUT2D eigenvalue weighted by molar-refractivity contribution is 6.35. The highest BCUT2D eigenvalue weighted by Gasteiger charge is 2.41. The molecule has 0 spiro atoms. The maximum Gasteiger partial charge on any atom is 0.329 e. The van der Waals surface area contributed by atoms with Crippen molar-refractivity contribution in [1.82, 2.24) is 5.32 Å². The molecule has 1 N–H and O–H groups in total. The summed E-state index contributed by atoms with van der Waals surface area (Å²) in [6, 6.07) is 9.23. The van der Waals surface area contributed by atoms with Crippen molar-refractivity contribution in [1.29, 1.82) is 0 Å². The molecule has 2 aromatic carbocycles. The number of carbonyl (C=O) groups is 2. The molecule has 3 rings (SSSR count). The van der Waals surface area contributed by atoms with E-state index in [0.717, 1.165) is 6.07 Å². The van der Waals surface area contributed by atoms with Crippen LogP contribution in [0.1, 0.15) is 11.6 Å². The third-order valence-corrected chi connectivity index (χ3v) is 3.94. The number of carbonyl (C=O) groups excluding carboxylic acids is 2. The Morgan fingerprint density at radius 3 is 2.41 bits per heavy atom. The van der Waals surface area contributed by atoms with E-state index in [9.17, 15) is 14.0 Å². The van der Waals surface area contributed by atoms with E-state index in [1.165, 1.54) is 11.0 Å². The van der Waals surface area contributed by atoms with E-state index >= 15 is 0 Å². The van der Waals surface area contributed by atoms with Crippen LogP contribution < -0.4 is 10.2 Å². The van der Waals surface area contributed by atoms with E-state index < -0.39 is 23.8 Å². The number of rotatable bonds is 2. The van der Waals surface area contributed by atoms with Crippen LogP contribution in [-0.2, 0) is 4.79 Å². The summed E-state index contributed by atoms with van der Waals surface area (Å²) in [5.74, 6) is -1.28. The number of hydrogen-bond donors (Lipinski definition) is 1. The molecule has 1 heterocycles. The number of nitrogens with zero attached hydrogens (tertiary/aromatic N) is 1. The minimum Gasteiger partial charge on any atom is -0.277 e. The summed E-state index contributed by atoms with van der Waals surface area (Å²) in [7, 11) is 0. The molecule has 2 aromatic rings. The van der Waals surface area contributed by atoms with E-state index in [-0.39, 0.29) is 15.6 Å². The first-order valence-corrected chi connectivity index (χ1v) is 7.08. The standard InChI is InChI=1S/C15H9Cl2FN2O2/c16-10-7-11(17)12(18)6-9(10)13-14(21)19-15(22)20(13)8-4-2-1-3-5-8/h1-7,13H,(H,19,21,22). The second kappa shape index (κ2) is 5.59. The van der Waals surface area contributed by atoms with Gasteiger partial charge in [0.2, 0.25) is 0 Å². The van der Waals surface area contributed by atoms with Crippen LogP contribution in [0.3, 0.4) is 0 Å². The summed E-state index contributed by atoms with van der Waals surface area (Å²) in [5.41, 5.74) is 0.679. The second-order valence-electron chi connectivity index (χ2n) is 4.69. The fourth-order valence-corrected chi connectivity index (χ4v) is 2.84. The van der Waals surface area contributed by atoms with Crippen molar-refractivity contribution >= 4 is 40.8 Å². The lowest BCUT2D eigenvalue weighted by Crippen LogP contribution is -2.29. The number of halogens is 3. The molecule has 3 amide bonds. The second-order valence-corrected chi connectivity index (χ2v) is 5.50. The van der Waals surface area contributed by atoms with Crippen LogP contribution in [-0.4, -0.2) is 11.9 Å². The molecule has 1 unspecified atom stereocenters. The van der Waals surface area contributed by atoms with Crippen LogP contribution in [0.2, 0.25) is 10.0 Å². The summed E-state index contributed by atoms with van der Waals surface area (Å²) >= 11 is 11.7. The van der Waals surface area contributed by atoms with Crippen LogP contribution in [0.15, 0.2) is 42.5 Å². The Hall–Kier alpha value is -2.11. The van der Waals surface area contributed by atoms with Crippen molar-refractivity contribution in [3.63, 3.8) is 0 Å². The monoisotopic (exact) mass is 338 g/mol. The fraction of sp³-hybridized carbons (Fsp3) is 0.0667. The van der Waals surface area contributed by atoms with Crippen molar-refractivity contribution < 1.29 is 14.0 Å². The quantitative estimate of drug-likeness (QED) is 0.666. The van der Waals surface area contributed by atoms with Gasteiger partial charge in [0.05, 0.1) is 5.02 Å². The Kier molecular flexibility index (Phi) is 3.76. The Morgan fingerprint density at radius 2 is 1.73 bits per heavy atom. The van der Waals surface area contributed by atoms with Gasteiger partial charge in [-0.05, 0) is 24.3 Å². The van der Waals surface area contributed by atoms with Crippen LogP contribution in [0.25, 0.3) is 0 Å². The van der Waals surface area contributed by atoms with Crippen molar-refractivity contribution in [2.75, 3.05) is 4.90 Å². The van der Waals surface area contributed by atoms with Crippen LogP contribution in [0.4, 0.5) is 14.9 Å². The van der Waals surface area contributed by atoms with Gasteiger partial charge < -0.3 is 0 Å². The lowest BCUT2D eigenvalue weighted by Gasteiger charge is -2.23. The minimum atomic E-state index is -1.05. The zero-order valence-electron chi connectivity index (χ0n) is 11.0. The molecule has 112 valence electrons. The Labute approximate surface area is 135 Å². The van der Waals surface area contributed by atoms with Crippen LogP contribution >= 0.6 is 23.2 Å². The molecule has 22 heavy (non-hydrogen) atoms. The Morgan fingerprint density at radius 1 is 1.05 bits per heavy atom. The topological polar surface area (TPSA) is 49.4 Å². The van der Waals surface area contributed by atoms with Gasteiger partial charge in [0.25, 0.3) is 5.91 Å². The van der Waals surface area contributed by atoms with Gasteiger partial charge in [0, 0.05) is 16.3 Å². The molecule has 0 radical (unpaired) electrons. The SMILES string of the molecule is O=C1NC(=O)N(c2ccccc2)C1c1cc(F)c(Cl)cc1Cl. The first-order chi connectivity index (χ1) is 10.5. The van der Waals surface area contributed by atoms with Crippen molar-refractivity contribution in [3.05, 3.63) is 63.9 Å². The van der Waals surface area contributed by atoms with E-state index in [1.54, 1.807) is 30.3 Å². The van der Waals surface area contributed by atoms with Gasteiger partial charge in [-0.3, -0.25) is 15.0 Å². The Bertz CT molecular complexity index is 768. The highest BCUT2D eigenvalue weighted by atomic mass is 35.5. The van der Waals surface area contributed by atoms with Gasteiger partial charge in [-0.25, -0.2) is 9.18 Å². The van der Waals surface area contributed by atoms with Crippen LogP contribution in [0, 0.1) is 5.82 Å². The fourth-order valence-electron chi connectivity index (χ4n) is 2.35. The normalized spacial score (nSPS) is 17.8. The lowest BCUT2D eigenvalue weighted by atomic mass is 10.0. The molecule has 0 saturated carbocycles. The molecule has 1 fully saturated rings. The summed E-state index contributed by atoms with van der Waals surface area (Å²) < 4.78 is 13.7. The maximum absolute atomic E-state index is 13.7. The molecule has 1 saturated heterocycles. The van der Waals surface area contributed by atoms with Gasteiger partial charge in [-0.2, -0.15) is 0 Å². The minimum absolute atomic E-state index is 0.113. The van der Waals surface area contributed by atoms with Crippen molar-refractivity contribution in [2.24, 2.45) is 0 Å². The first-order valence-electron chi connectivity index (χ1n) is 6.32. The predicted octanol–water partition coefficient (Wildman–Crippen LogP) is 3.93. The molecule has 7 heteroatoms. The predicted molar refractivity (Wildman–Crippen MR) is 81.6 cm³/mol. The van der Waals surface area contributed by atoms with Gasteiger partial charge in [0.1, 0.15) is 11.9 Å². The number of anilines is 1. The number of imide groups is 1. The molecule has 4 nitrogen and oxygen atoms in total. The first kappa shape index (κ1) is 14.8. The molecule has 1 atom stereocenters. The van der Waals surface area contributed by atoms with E-state index in [2.05, 4.69) is 5.32 Å². The zero-order chi connectivity index (χ0) is 15.9. The largest absolute Gasteiger partial charge is 0.329 e. The van der Waals surface area contributed by atoms with Gasteiger partial charge in [-0.15, -0.1) is 0 Å². The van der Waals surface area contributed by atoms with E-state index in [1.807, 2.05) is 0 Å². The van der Waals surface area contributed by atoms with Gasteiger partial charge in [-0.1, -0.05) is 41.4 Å². The highest BCUT2D eigenvalue weighted by Crippen LogP contribution is 2.36. The number of benzene rings is 2. The van der Waals surface area contributed by atoms with Crippen LogP contribution in [0.5, 0.6) is 0 Å². The number of urea groups is 1. The molecule has 0 aromatic heterocycles. The van der Waals surface area contributed by atoms with Crippen molar-refractivity contribution in [3.8, 4) is 0 Å². The zero-order valence-corrected chi connectivity index (χ0v) is 12.5. The molecule has 1 aliphatic rings.